The Balaban J connectivity index is 1.98. The van der Waals surface area contributed by atoms with Crippen LogP contribution in [0, 0.1) is 0 Å². The number of alkyl halides is 3. The van der Waals surface area contributed by atoms with E-state index in [0.717, 1.165) is 31.4 Å². The lowest BCUT2D eigenvalue weighted by molar-refractivity contribution is -0.137. The first-order valence-electron chi connectivity index (χ1n) is 7.25. The Morgan fingerprint density at radius 1 is 1.27 bits per heavy atom. The topological polar surface area (TPSA) is 38.3 Å². The van der Waals surface area contributed by atoms with Crippen LogP contribution >= 0.6 is 0 Å². The number of carbonyl (C=O) groups is 1. The maximum Gasteiger partial charge on any atom is 0.416 e. The van der Waals surface area contributed by atoms with Crippen molar-refractivity contribution in [1.29, 1.82) is 0 Å². The van der Waals surface area contributed by atoms with Crippen molar-refractivity contribution < 1.29 is 22.7 Å². The molecule has 118 valence electrons. The molecule has 1 aliphatic heterocycles. The van der Waals surface area contributed by atoms with Gasteiger partial charge in [0.15, 0.2) is 12.0 Å². The van der Waals surface area contributed by atoms with Gasteiger partial charge in [0.1, 0.15) is 0 Å². The summed E-state index contributed by atoms with van der Waals surface area (Å²) in [5.41, 5.74) is -0.315. The van der Waals surface area contributed by atoms with Gasteiger partial charge in [0, 0.05) is 6.04 Å². The quantitative estimate of drug-likeness (QED) is 0.928. The standard InChI is InChI=1S/C16H16F3NO2/c1-9-14(21)13(15(22-9)20-12-6-3-7-12)10-4-2-5-11(8-10)16(17,18)19/h2,4-5,8-9,12,20H,3,6-7H2,1H3. The summed E-state index contributed by atoms with van der Waals surface area (Å²) in [6.07, 6.45) is -2.05. The van der Waals surface area contributed by atoms with E-state index in [2.05, 4.69) is 5.32 Å². The monoisotopic (exact) mass is 311 g/mol. The zero-order chi connectivity index (χ0) is 15.9. The third kappa shape index (κ3) is 2.69. The van der Waals surface area contributed by atoms with Crippen LogP contribution in [0.4, 0.5) is 13.2 Å². The number of ether oxygens (including phenoxy) is 1. The molecule has 0 saturated heterocycles. The van der Waals surface area contributed by atoms with Gasteiger partial charge >= 0.3 is 6.18 Å². The molecule has 1 aromatic rings. The number of hydrogen-bond acceptors (Lipinski definition) is 3. The zero-order valence-electron chi connectivity index (χ0n) is 12.0. The van der Waals surface area contributed by atoms with E-state index in [4.69, 9.17) is 4.74 Å². The van der Waals surface area contributed by atoms with Crippen LogP contribution in [0.1, 0.15) is 37.3 Å². The highest BCUT2D eigenvalue weighted by molar-refractivity contribution is 6.24. The highest BCUT2D eigenvalue weighted by Crippen LogP contribution is 2.35. The number of nitrogens with one attached hydrogen (secondary N) is 1. The molecule has 22 heavy (non-hydrogen) atoms. The Kier molecular flexibility index (Phi) is 3.62. The van der Waals surface area contributed by atoms with Gasteiger partial charge in [-0.15, -0.1) is 0 Å². The fourth-order valence-corrected chi connectivity index (χ4v) is 2.57. The molecular formula is C16H16F3NO2. The summed E-state index contributed by atoms with van der Waals surface area (Å²) in [5, 5.41) is 3.14. The third-order valence-electron chi connectivity index (χ3n) is 4.06. The SMILES string of the molecule is CC1OC(NC2CCC2)=C(c2cccc(C(F)(F)F)c2)C1=O. The molecule has 0 bridgehead atoms. The van der Waals surface area contributed by atoms with Gasteiger partial charge in [-0.25, -0.2) is 0 Å². The van der Waals surface area contributed by atoms with E-state index < -0.39 is 17.8 Å². The van der Waals surface area contributed by atoms with Gasteiger partial charge in [-0.1, -0.05) is 12.1 Å². The van der Waals surface area contributed by atoms with Crippen molar-refractivity contribution in [3.05, 3.63) is 41.3 Å². The summed E-state index contributed by atoms with van der Waals surface area (Å²) >= 11 is 0. The molecule has 3 nitrogen and oxygen atoms in total. The predicted molar refractivity (Wildman–Crippen MR) is 74.7 cm³/mol. The number of benzene rings is 1. The Morgan fingerprint density at radius 2 is 2.00 bits per heavy atom. The van der Waals surface area contributed by atoms with E-state index in [1.807, 2.05) is 0 Å². The van der Waals surface area contributed by atoms with E-state index in [-0.39, 0.29) is 23.0 Å². The summed E-state index contributed by atoms with van der Waals surface area (Å²) < 4.78 is 44.1. The van der Waals surface area contributed by atoms with Gasteiger partial charge in [-0.2, -0.15) is 13.2 Å². The summed E-state index contributed by atoms with van der Waals surface area (Å²) in [6, 6.07) is 5.03. The minimum absolute atomic E-state index is 0.213. The fraction of sp³-hybridized carbons (Fsp3) is 0.438. The summed E-state index contributed by atoms with van der Waals surface area (Å²) in [7, 11) is 0. The zero-order valence-corrected chi connectivity index (χ0v) is 12.0. The van der Waals surface area contributed by atoms with Crippen LogP contribution in [0.2, 0.25) is 0 Å². The minimum Gasteiger partial charge on any atom is -0.467 e. The molecule has 0 spiro atoms. The molecule has 1 unspecified atom stereocenters. The highest BCUT2D eigenvalue weighted by Gasteiger charge is 2.36. The molecule has 1 fully saturated rings. The summed E-state index contributed by atoms with van der Waals surface area (Å²) in [4.78, 5) is 12.3. The average Bonchev–Trinajstić information content (AvgIpc) is 2.69. The molecule has 1 atom stereocenters. The maximum atomic E-state index is 12.9. The van der Waals surface area contributed by atoms with Crippen molar-refractivity contribution in [3.63, 3.8) is 0 Å². The molecule has 1 heterocycles. The van der Waals surface area contributed by atoms with Crippen LogP contribution in [-0.2, 0) is 15.7 Å². The third-order valence-corrected chi connectivity index (χ3v) is 4.06. The molecular weight excluding hydrogens is 295 g/mol. The van der Waals surface area contributed by atoms with Gasteiger partial charge in [0.25, 0.3) is 0 Å². The predicted octanol–water partition coefficient (Wildman–Crippen LogP) is 3.50. The van der Waals surface area contributed by atoms with Crippen LogP contribution in [0.3, 0.4) is 0 Å². The Labute approximate surface area is 126 Å². The molecule has 1 N–H and O–H groups in total. The first kappa shape index (κ1) is 14.9. The lowest BCUT2D eigenvalue weighted by Gasteiger charge is -2.28. The average molecular weight is 311 g/mol. The van der Waals surface area contributed by atoms with E-state index in [0.29, 0.717) is 5.88 Å². The normalized spacial score (nSPS) is 22.5. The van der Waals surface area contributed by atoms with Gasteiger partial charge in [-0.05, 0) is 43.9 Å². The second-order valence-electron chi connectivity index (χ2n) is 5.68. The van der Waals surface area contributed by atoms with Crippen LogP contribution in [0.15, 0.2) is 30.1 Å². The lowest BCUT2D eigenvalue weighted by Crippen LogP contribution is -2.35. The van der Waals surface area contributed by atoms with Crippen molar-refractivity contribution in [2.75, 3.05) is 0 Å². The van der Waals surface area contributed by atoms with E-state index >= 15 is 0 Å². The van der Waals surface area contributed by atoms with Crippen LogP contribution in [0.5, 0.6) is 0 Å². The Bertz CT molecular complexity index is 633. The fourth-order valence-electron chi connectivity index (χ4n) is 2.57. The van der Waals surface area contributed by atoms with E-state index in [1.54, 1.807) is 6.92 Å². The van der Waals surface area contributed by atoms with Crippen molar-refractivity contribution >= 4 is 11.4 Å². The molecule has 0 aromatic heterocycles. The number of carbonyl (C=O) groups excluding carboxylic acids is 1. The van der Waals surface area contributed by atoms with Gasteiger partial charge in [0.2, 0.25) is 5.78 Å². The lowest BCUT2D eigenvalue weighted by atomic mass is 9.93. The van der Waals surface area contributed by atoms with Crippen molar-refractivity contribution in [2.24, 2.45) is 0 Å². The van der Waals surface area contributed by atoms with Crippen molar-refractivity contribution in [2.45, 2.75) is 44.5 Å². The van der Waals surface area contributed by atoms with E-state index in [9.17, 15) is 18.0 Å². The number of rotatable bonds is 3. The first-order chi connectivity index (χ1) is 10.4. The largest absolute Gasteiger partial charge is 0.467 e. The number of ketones is 1. The highest BCUT2D eigenvalue weighted by atomic mass is 19.4. The number of halogens is 3. The van der Waals surface area contributed by atoms with Crippen molar-refractivity contribution in [1.82, 2.24) is 5.32 Å². The molecule has 1 aliphatic carbocycles. The Hall–Kier alpha value is -1.98. The molecule has 1 aromatic carbocycles. The summed E-state index contributed by atoms with van der Waals surface area (Å²) in [6.45, 7) is 1.60. The van der Waals surface area contributed by atoms with Gasteiger partial charge in [-0.3, -0.25) is 4.79 Å². The number of Topliss-reactive ketones (excluding diaryl/α,β-unsaturated/α-hetero) is 1. The maximum absolute atomic E-state index is 12.9. The van der Waals surface area contributed by atoms with Gasteiger partial charge < -0.3 is 10.1 Å². The van der Waals surface area contributed by atoms with Gasteiger partial charge in [0.05, 0.1) is 11.1 Å². The Morgan fingerprint density at radius 3 is 2.59 bits per heavy atom. The molecule has 2 aliphatic rings. The molecule has 3 rings (SSSR count). The minimum atomic E-state index is -4.44. The van der Waals surface area contributed by atoms with Crippen molar-refractivity contribution in [3.8, 4) is 0 Å². The van der Waals surface area contributed by atoms with Crippen LogP contribution < -0.4 is 5.32 Å². The first-order valence-corrected chi connectivity index (χ1v) is 7.25. The summed E-state index contributed by atoms with van der Waals surface area (Å²) in [5.74, 6) is 0.0164. The molecule has 6 heteroatoms. The molecule has 0 amide bonds. The second kappa shape index (κ2) is 5.34. The van der Waals surface area contributed by atoms with Crippen LogP contribution in [-0.4, -0.2) is 17.9 Å². The molecule has 1 saturated carbocycles. The van der Waals surface area contributed by atoms with Crippen LogP contribution in [0.25, 0.3) is 5.57 Å². The van der Waals surface area contributed by atoms with E-state index in [1.165, 1.54) is 12.1 Å². The molecule has 0 radical (unpaired) electrons. The smallest absolute Gasteiger partial charge is 0.416 e. The number of hydrogen-bond donors (Lipinski definition) is 1. The second-order valence-corrected chi connectivity index (χ2v) is 5.68.